The standard InChI is InChI=1S/C6H5N5O.Cs/c12-6-3-1-5(2-4-6)11-9-7-8-10-11;/h1-4,12H;/q;+1/p-1. The van der Waals surface area contributed by atoms with Crippen molar-refractivity contribution in [2.24, 2.45) is 0 Å². The molecule has 2 aromatic rings. The number of rotatable bonds is 1. The first-order chi connectivity index (χ1) is 5.86. The normalized spacial score (nSPS) is 9.23. The molecule has 0 bridgehead atoms. The molecule has 0 N–H and O–H groups in total. The summed E-state index contributed by atoms with van der Waals surface area (Å²) in [5.41, 5.74) is 0.666. The molecule has 0 aliphatic carbocycles. The summed E-state index contributed by atoms with van der Waals surface area (Å²) in [4.78, 5) is 1.24. The van der Waals surface area contributed by atoms with Crippen molar-refractivity contribution in [1.82, 2.24) is 25.7 Å². The molecule has 1 aromatic heterocycles. The van der Waals surface area contributed by atoms with E-state index in [2.05, 4.69) is 20.9 Å². The molecule has 0 fully saturated rings. The molecule has 0 saturated heterocycles. The third-order valence-electron chi connectivity index (χ3n) is 1.36. The van der Waals surface area contributed by atoms with E-state index in [1.807, 2.05) is 0 Å². The van der Waals surface area contributed by atoms with Gasteiger partial charge in [0.15, 0.2) is 0 Å². The summed E-state index contributed by atoms with van der Waals surface area (Å²) in [6.07, 6.45) is 0. The molecule has 1 heterocycles. The third-order valence-corrected chi connectivity index (χ3v) is 1.36. The minimum absolute atomic E-state index is 0. The first-order valence-electron chi connectivity index (χ1n) is 3.25. The fourth-order valence-electron chi connectivity index (χ4n) is 0.812. The molecule has 0 saturated carbocycles. The van der Waals surface area contributed by atoms with Gasteiger partial charge >= 0.3 is 68.9 Å². The zero-order chi connectivity index (χ0) is 8.39. The van der Waals surface area contributed by atoms with Crippen LogP contribution in [0.5, 0.6) is 5.75 Å². The number of benzene rings is 1. The Hall–Kier alpha value is 0.0719. The fraction of sp³-hybridized carbons (Fsp3) is 0. The maximum Gasteiger partial charge on any atom is 1.00 e. The molecule has 0 unspecified atom stereocenters. The van der Waals surface area contributed by atoms with Crippen molar-refractivity contribution >= 4 is 0 Å². The summed E-state index contributed by atoms with van der Waals surface area (Å²) in [5, 5.41) is 24.4. The van der Waals surface area contributed by atoms with Gasteiger partial charge < -0.3 is 5.11 Å². The molecule has 1 aromatic carbocycles. The Kier molecular flexibility index (Phi) is 4.35. The molecule has 7 heteroatoms. The molecular formula is C6H4CsN5O. The van der Waals surface area contributed by atoms with Crippen molar-refractivity contribution < 1.29 is 74.0 Å². The Labute approximate surface area is 133 Å². The van der Waals surface area contributed by atoms with Crippen LogP contribution in [0.1, 0.15) is 0 Å². The second-order valence-electron chi connectivity index (χ2n) is 2.14. The predicted molar refractivity (Wildman–Crippen MR) is 36.4 cm³/mol. The Bertz CT molecular complexity index is 359. The van der Waals surface area contributed by atoms with E-state index in [9.17, 15) is 5.11 Å². The molecule has 0 atom stereocenters. The van der Waals surface area contributed by atoms with Crippen LogP contribution >= 0.6 is 0 Å². The number of hydrogen-bond donors (Lipinski definition) is 0. The molecular weight excluding hydrogens is 291 g/mol. The van der Waals surface area contributed by atoms with Gasteiger partial charge in [-0.15, -0.1) is 10.5 Å². The van der Waals surface area contributed by atoms with Crippen LogP contribution < -0.4 is 74.0 Å². The number of aromatic nitrogens is 5. The van der Waals surface area contributed by atoms with Gasteiger partial charge in [-0.1, -0.05) is 12.1 Å². The molecule has 13 heavy (non-hydrogen) atoms. The van der Waals surface area contributed by atoms with Crippen LogP contribution in [-0.2, 0) is 0 Å². The molecule has 0 radical (unpaired) electrons. The average molecular weight is 295 g/mol. The second-order valence-corrected chi connectivity index (χ2v) is 2.14. The van der Waals surface area contributed by atoms with E-state index >= 15 is 0 Å². The van der Waals surface area contributed by atoms with Gasteiger partial charge in [-0.05, 0) is 33.0 Å². The summed E-state index contributed by atoms with van der Waals surface area (Å²) < 4.78 is 0. The van der Waals surface area contributed by atoms with Crippen molar-refractivity contribution in [2.45, 2.75) is 0 Å². The summed E-state index contributed by atoms with van der Waals surface area (Å²) in [5.74, 6) is -0.0492. The second kappa shape index (κ2) is 5.08. The predicted octanol–water partition coefficient (Wildman–Crippen LogP) is -3.87. The Morgan fingerprint density at radius 2 is 1.54 bits per heavy atom. The van der Waals surface area contributed by atoms with E-state index in [4.69, 9.17) is 0 Å². The smallest absolute Gasteiger partial charge is 0.872 e. The Morgan fingerprint density at radius 3 is 2.08 bits per heavy atom. The monoisotopic (exact) mass is 295 g/mol. The fourth-order valence-corrected chi connectivity index (χ4v) is 0.812. The van der Waals surface area contributed by atoms with Crippen LogP contribution in [0, 0.1) is 0 Å². The maximum atomic E-state index is 10.7. The van der Waals surface area contributed by atoms with Gasteiger partial charge in [0.25, 0.3) is 0 Å². The zero-order valence-electron chi connectivity index (χ0n) is 6.95. The summed E-state index contributed by atoms with van der Waals surface area (Å²) in [6, 6.07) is 6.06. The van der Waals surface area contributed by atoms with Crippen molar-refractivity contribution in [2.75, 3.05) is 0 Å². The molecule has 60 valence electrons. The van der Waals surface area contributed by atoms with Crippen molar-refractivity contribution in [3.63, 3.8) is 0 Å². The van der Waals surface area contributed by atoms with Crippen molar-refractivity contribution in [3.8, 4) is 11.4 Å². The third kappa shape index (κ3) is 2.76. The minimum Gasteiger partial charge on any atom is -0.872 e. The van der Waals surface area contributed by atoms with Gasteiger partial charge in [-0.3, -0.25) is 0 Å². The van der Waals surface area contributed by atoms with Crippen LogP contribution in [0.25, 0.3) is 5.69 Å². The van der Waals surface area contributed by atoms with Crippen LogP contribution in [0.15, 0.2) is 24.3 Å². The van der Waals surface area contributed by atoms with E-state index in [0.29, 0.717) is 5.69 Å². The van der Waals surface area contributed by atoms with Gasteiger partial charge in [0, 0.05) is 0 Å². The van der Waals surface area contributed by atoms with Crippen molar-refractivity contribution in [1.29, 1.82) is 0 Å². The van der Waals surface area contributed by atoms with Gasteiger partial charge in [-0.2, -0.15) is 0 Å². The van der Waals surface area contributed by atoms with Crippen LogP contribution in [0.4, 0.5) is 0 Å². The molecule has 0 aliphatic heterocycles. The largest absolute Gasteiger partial charge is 1.00 e. The van der Waals surface area contributed by atoms with E-state index in [-0.39, 0.29) is 74.6 Å². The van der Waals surface area contributed by atoms with Crippen LogP contribution in [-0.4, -0.2) is 25.7 Å². The quantitative estimate of drug-likeness (QED) is 0.538. The van der Waals surface area contributed by atoms with Gasteiger partial charge in [0.05, 0.1) is 5.69 Å². The molecule has 2 rings (SSSR count). The van der Waals surface area contributed by atoms with E-state index in [0.717, 1.165) is 0 Å². The SMILES string of the molecule is [Cs+].[O-]c1ccc(-n2nnnn2)cc1. The number of nitrogens with zero attached hydrogens (tertiary/aromatic N) is 5. The maximum absolute atomic E-state index is 10.7. The summed E-state index contributed by atoms with van der Waals surface area (Å²) >= 11 is 0. The van der Waals surface area contributed by atoms with E-state index in [1.165, 1.54) is 16.9 Å². The Balaban J connectivity index is 0.000000845. The number of hydrogen-bond acceptors (Lipinski definition) is 5. The Morgan fingerprint density at radius 1 is 1.00 bits per heavy atom. The van der Waals surface area contributed by atoms with Crippen LogP contribution in [0.2, 0.25) is 0 Å². The van der Waals surface area contributed by atoms with Crippen LogP contribution in [0.3, 0.4) is 0 Å². The van der Waals surface area contributed by atoms with Gasteiger partial charge in [-0.25, -0.2) is 0 Å². The zero-order valence-corrected chi connectivity index (χ0v) is 13.2. The first-order valence-corrected chi connectivity index (χ1v) is 3.25. The van der Waals surface area contributed by atoms with Gasteiger partial charge in [0.1, 0.15) is 0 Å². The topological polar surface area (TPSA) is 79.5 Å². The van der Waals surface area contributed by atoms with Gasteiger partial charge in [0.2, 0.25) is 0 Å². The molecule has 0 amide bonds. The minimum atomic E-state index is -0.0492. The average Bonchev–Trinajstić information content (AvgIpc) is 2.58. The summed E-state index contributed by atoms with van der Waals surface area (Å²) in [7, 11) is 0. The first kappa shape index (κ1) is 11.1. The van der Waals surface area contributed by atoms with Crippen molar-refractivity contribution in [3.05, 3.63) is 24.3 Å². The summed E-state index contributed by atoms with van der Waals surface area (Å²) in [6.45, 7) is 0. The van der Waals surface area contributed by atoms with E-state index < -0.39 is 0 Å². The van der Waals surface area contributed by atoms with E-state index in [1.54, 1.807) is 12.1 Å². The molecule has 0 spiro atoms. The molecule has 6 nitrogen and oxygen atoms in total. The molecule has 0 aliphatic rings.